The Labute approximate surface area is 194 Å². The molecule has 1 fully saturated rings. The van der Waals surface area contributed by atoms with Gasteiger partial charge in [0, 0.05) is 44.5 Å². The van der Waals surface area contributed by atoms with Crippen molar-refractivity contribution < 1.29 is 14.2 Å². The van der Waals surface area contributed by atoms with E-state index in [0.29, 0.717) is 19.9 Å². The highest BCUT2D eigenvalue weighted by Gasteiger charge is 2.21. The molecule has 3 heterocycles. The van der Waals surface area contributed by atoms with Gasteiger partial charge in [-0.2, -0.15) is 4.98 Å². The van der Waals surface area contributed by atoms with E-state index < -0.39 is 0 Å². The lowest BCUT2D eigenvalue weighted by molar-refractivity contribution is 0.174. The van der Waals surface area contributed by atoms with Crippen molar-refractivity contribution in [2.75, 3.05) is 56.3 Å². The molecule has 0 atom stereocenters. The maximum atomic E-state index is 5.76. The quantitative estimate of drug-likeness (QED) is 0.528. The Morgan fingerprint density at radius 3 is 2.67 bits per heavy atom. The molecule has 33 heavy (non-hydrogen) atoms. The normalized spacial score (nSPS) is 15.5. The molecule has 5 rings (SSSR count). The zero-order chi connectivity index (χ0) is 22.5. The van der Waals surface area contributed by atoms with Crippen LogP contribution < -0.4 is 24.4 Å². The van der Waals surface area contributed by atoms with Crippen LogP contribution in [-0.2, 0) is 6.54 Å². The molecule has 8 heteroatoms. The van der Waals surface area contributed by atoms with Gasteiger partial charge in [0.05, 0.1) is 6.54 Å². The number of ether oxygens (including phenoxy) is 3. The van der Waals surface area contributed by atoms with Crippen LogP contribution in [0, 0.1) is 6.92 Å². The molecule has 8 nitrogen and oxygen atoms in total. The third-order valence-corrected chi connectivity index (χ3v) is 5.86. The second-order valence-electron chi connectivity index (χ2n) is 8.24. The Morgan fingerprint density at radius 2 is 1.82 bits per heavy atom. The fourth-order valence-corrected chi connectivity index (χ4v) is 4.02. The van der Waals surface area contributed by atoms with Crippen molar-refractivity contribution in [2.45, 2.75) is 13.5 Å². The molecule has 0 aliphatic carbocycles. The molecule has 0 unspecified atom stereocenters. The summed E-state index contributed by atoms with van der Waals surface area (Å²) < 4.78 is 16.7. The molecule has 1 saturated heterocycles. The topological polar surface area (TPSA) is 72.0 Å². The van der Waals surface area contributed by atoms with Gasteiger partial charge >= 0.3 is 0 Å². The SMILES string of the molecule is Cc1cnc(N2CCN(Cc3ccc4c(c3)OCO4)CC2)nc1NCCOc1ccccc1. The summed E-state index contributed by atoms with van der Waals surface area (Å²) in [5.74, 6) is 4.18. The van der Waals surface area contributed by atoms with Gasteiger partial charge in [-0.3, -0.25) is 4.90 Å². The summed E-state index contributed by atoms with van der Waals surface area (Å²) in [7, 11) is 0. The van der Waals surface area contributed by atoms with Gasteiger partial charge in [0.2, 0.25) is 12.7 Å². The summed E-state index contributed by atoms with van der Waals surface area (Å²) in [5, 5.41) is 3.39. The van der Waals surface area contributed by atoms with Crippen molar-refractivity contribution in [3.8, 4) is 17.2 Å². The van der Waals surface area contributed by atoms with Gasteiger partial charge in [-0.15, -0.1) is 0 Å². The van der Waals surface area contributed by atoms with E-state index in [4.69, 9.17) is 19.2 Å². The molecule has 1 aromatic heterocycles. The highest BCUT2D eigenvalue weighted by atomic mass is 16.7. The number of anilines is 2. The van der Waals surface area contributed by atoms with Gasteiger partial charge in [-0.05, 0) is 36.8 Å². The predicted molar refractivity (Wildman–Crippen MR) is 127 cm³/mol. The summed E-state index contributed by atoms with van der Waals surface area (Å²) in [6, 6.07) is 16.0. The molecule has 3 aromatic rings. The third kappa shape index (κ3) is 5.28. The molecule has 0 radical (unpaired) electrons. The van der Waals surface area contributed by atoms with Crippen LogP contribution in [0.2, 0.25) is 0 Å². The zero-order valence-corrected chi connectivity index (χ0v) is 18.9. The van der Waals surface area contributed by atoms with E-state index in [1.54, 1.807) is 0 Å². The van der Waals surface area contributed by atoms with Gasteiger partial charge < -0.3 is 24.4 Å². The van der Waals surface area contributed by atoms with Crippen molar-refractivity contribution in [1.82, 2.24) is 14.9 Å². The van der Waals surface area contributed by atoms with Crippen LogP contribution in [0.4, 0.5) is 11.8 Å². The molecular weight excluding hydrogens is 418 g/mol. The Hall–Kier alpha value is -3.52. The van der Waals surface area contributed by atoms with E-state index in [-0.39, 0.29) is 0 Å². The average Bonchev–Trinajstić information content (AvgIpc) is 3.32. The van der Waals surface area contributed by atoms with E-state index in [2.05, 4.69) is 32.2 Å². The third-order valence-electron chi connectivity index (χ3n) is 5.86. The fraction of sp³-hybridized carbons (Fsp3) is 0.360. The van der Waals surface area contributed by atoms with Crippen LogP contribution in [0.3, 0.4) is 0 Å². The van der Waals surface area contributed by atoms with E-state index in [0.717, 1.165) is 67.3 Å². The number of nitrogens with one attached hydrogen (secondary N) is 1. The summed E-state index contributed by atoms with van der Waals surface area (Å²) in [5.41, 5.74) is 2.27. The van der Waals surface area contributed by atoms with Gasteiger partial charge in [0.25, 0.3) is 0 Å². The number of fused-ring (bicyclic) bond motifs is 1. The second kappa shape index (κ2) is 9.95. The van der Waals surface area contributed by atoms with Gasteiger partial charge in [-0.1, -0.05) is 24.3 Å². The molecule has 0 amide bonds. The summed E-state index contributed by atoms with van der Waals surface area (Å²) >= 11 is 0. The van der Waals surface area contributed by atoms with E-state index >= 15 is 0 Å². The van der Waals surface area contributed by atoms with Crippen LogP contribution in [-0.4, -0.2) is 61.0 Å². The molecule has 2 aromatic carbocycles. The monoisotopic (exact) mass is 447 g/mol. The highest BCUT2D eigenvalue weighted by Crippen LogP contribution is 2.33. The first-order valence-electron chi connectivity index (χ1n) is 11.4. The minimum absolute atomic E-state index is 0.310. The summed E-state index contributed by atoms with van der Waals surface area (Å²) in [6.07, 6.45) is 1.89. The van der Waals surface area contributed by atoms with Crippen LogP contribution in [0.1, 0.15) is 11.1 Å². The molecule has 2 aliphatic heterocycles. The van der Waals surface area contributed by atoms with Crippen molar-refractivity contribution >= 4 is 11.8 Å². The molecule has 2 aliphatic rings. The Balaban J connectivity index is 1.12. The van der Waals surface area contributed by atoms with Gasteiger partial charge in [-0.25, -0.2) is 4.98 Å². The van der Waals surface area contributed by atoms with Crippen molar-refractivity contribution in [3.63, 3.8) is 0 Å². The molecule has 0 saturated carbocycles. The van der Waals surface area contributed by atoms with Crippen LogP contribution in [0.15, 0.2) is 54.7 Å². The van der Waals surface area contributed by atoms with Crippen LogP contribution in [0.25, 0.3) is 0 Å². The van der Waals surface area contributed by atoms with E-state index in [1.807, 2.05) is 49.5 Å². The Morgan fingerprint density at radius 1 is 1.00 bits per heavy atom. The molecule has 1 N–H and O–H groups in total. The number of para-hydroxylation sites is 1. The number of nitrogens with zero attached hydrogens (tertiary/aromatic N) is 4. The van der Waals surface area contributed by atoms with Gasteiger partial charge in [0.1, 0.15) is 18.2 Å². The summed E-state index contributed by atoms with van der Waals surface area (Å²) in [6.45, 7) is 8.18. The number of rotatable bonds is 8. The maximum Gasteiger partial charge on any atom is 0.231 e. The number of piperazine rings is 1. The molecule has 172 valence electrons. The van der Waals surface area contributed by atoms with Gasteiger partial charge in [0.15, 0.2) is 11.5 Å². The van der Waals surface area contributed by atoms with Crippen molar-refractivity contribution in [2.24, 2.45) is 0 Å². The highest BCUT2D eigenvalue weighted by molar-refractivity contribution is 5.48. The lowest BCUT2D eigenvalue weighted by Gasteiger charge is -2.35. The fourth-order valence-electron chi connectivity index (χ4n) is 4.02. The Bertz CT molecular complexity index is 1070. The van der Waals surface area contributed by atoms with Crippen molar-refractivity contribution in [1.29, 1.82) is 0 Å². The molecular formula is C25H29N5O3. The minimum Gasteiger partial charge on any atom is -0.492 e. The number of aromatic nitrogens is 2. The minimum atomic E-state index is 0.310. The number of hydrogen-bond acceptors (Lipinski definition) is 8. The van der Waals surface area contributed by atoms with Crippen LogP contribution in [0.5, 0.6) is 17.2 Å². The Kier molecular flexibility index (Phi) is 6.44. The van der Waals surface area contributed by atoms with Crippen molar-refractivity contribution in [3.05, 3.63) is 65.9 Å². The van der Waals surface area contributed by atoms with E-state index in [9.17, 15) is 0 Å². The largest absolute Gasteiger partial charge is 0.492 e. The van der Waals surface area contributed by atoms with Crippen LogP contribution >= 0.6 is 0 Å². The average molecular weight is 448 g/mol. The lowest BCUT2D eigenvalue weighted by atomic mass is 10.1. The standard InChI is InChI=1S/C25H29N5O3/c1-19-16-27-25(28-24(19)26-9-14-31-21-5-3-2-4-6-21)30-12-10-29(11-13-30)17-20-7-8-22-23(15-20)33-18-32-22/h2-8,15-16H,9-14,17-18H2,1H3,(H,26,27,28). The first-order valence-corrected chi connectivity index (χ1v) is 11.4. The number of aryl methyl sites for hydroxylation is 1. The number of hydrogen-bond donors (Lipinski definition) is 1. The lowest BCUT2D eigenvalue weighted by Crippen LogP contribution is -2.46. The van der Waals surface area contributed by atoms with E-state index in [1.165, 1.54) is 5.56 Å². The first-order chi connectivity index (χ1) is 16.2. The molecule has 0 spiro atoms. The second-order valence-corrected chi connectivity index (χ2v) is 8.24. The molecule has 0 bridgehead atoms. The maximum absolute atomic E-state index is 5.76. The predicted octanol–water partition coefficient (Wildman–Crippen LogP) is 3.33. The number of benzene rings is 2. The zero-order valence-electron chi connectivity index (χ0n) is 18.9. The first kappa shape index (κ1) is 21.3. The smallest absolute Gasteiger partial charge is 0.231 e. The summed E-state index contributed by atoms with van der Waals surface area (Å²) in [4.78, 5) is 14.1.